The highest BCUT2D eigenvalue weighted by atomic mass is 32.2. The van der Waals surface area contributed by atoms with Crippen LogP contribution in [0, 0.1) is 0 Å². The van der Waals surface area contributed by atoms with Gasteiger partial charge in [0, 0.05) is 11.8 Å². The number of hydrogen-bond donors (Lipinski definition) is 0. The molecule has 156 valence electrons. The van der Waals surface area contributed by atoms with E-state index in [4.69, 9.17) is 4.74 Å². The second-order valence-corrected chi connectivity index (χ2v) is 7.02. The molecular weight excluding hydrogens is 415 g/mol. The number of carbonyl (C=O) groups excluding carboxylic acids is 1. The first kappa shape index (κ1) is 21.6. The van der Waals surface area contributed by atoms with Crippen LogP contribution in [0.25, 0.3) is 5.69 Å². The van der Waals surface area contributed by atoms with Gasteiger partial charge in [-0.3, -0.25) is 4.79 Å². The monoisotopic (exact) mass is 433 g/mol. The van der Waals surface area contributed by atoms with Crippen molar-refractivity contribution >= 4 is 17.0 Å². The minimum absolute atomic E-state index is 0.0782. The third-order valence-corrected chi connectivity index (χ3v) is 4.73. The molecule has 5 nitrogen and oxygen atoms in total. The van der Waals surface area contributed by atoms with Gasteiger partial charge in [0.25, 0.3) is 0 Å². The van der Waals surface area contributed by atoms with Gasteiger partial charge in [0.2, 0.25) is 5.88 Å². The van der Waals surface area contributed by atoms with Gasteiger partial charge in [-0.15, -0.1) is 0 Å². The lowest BCUT2D eigenvalue weighted by atomic mass is 10.1. The van der Waals surface area contributed by atoms with Crippen LogP contribution in [0.3, 0.4) is 0 Å². The van der Waals surface area contributed by atoms with Crippen molar-refractivity contribution in [3.8, 4) is 11.6 Å². The van der Waals surface area contributed by atoms with Crippen molar-refractivity contribution in [2.24, 2.45) is 4.99 Å². The minimum Gasteiger partial charge on any atom is -0.478 e. The molecule has 30 heavy (non-hydrogen) atoms. The maximum Gasteiger partial charge on any atom is 0.416 e. The van der Waals surface area contributed by atoms with Gasteiger partial charge < -0.3 is 4.74 Å². The highest BCUT2D eigenvalue weighted by Gasteiger charge is 2.30. The molecule has 0 aliphatic carbocycles. The van der Waals surface area contributed by atoms with Crippen LogP contribution in [0.2, 0.25) is 0 Å². The summed E-state index contributed by atoms with van der Waals surface area (Å²) in [6.07, 6.45) is -2.99. The molecule has 2 aromatic carbocycles. The number of para-hydroxylation sites is 1. The molecule has 0 radical (unpaired) electrons. The Labute approximate surface area is 175 Å². The summed E-state index contributed by atoms with van der Waals surface area (Å²) in [6.45, 7) is 2.23. The van der Waals surface area contributed by atoms with E-state index in [0.29, 0.717) is 23.4 Å². The number of halogens is 3. The van der Waals surface area contributed by atoms with Gasteiger partial charge in [0.1, 0.15) is 0 Å². The minimum atomic E-state index is -4.42. The van der Waals surface area contributed by atoms with Crippen LogP contribution in [0.15, 0.2) is 71.9 Å². The molecule has 3 aromatic rings. The summed E-state index contributed by atoms with van der Waals surface area (Å²) < 4.78 is 45.6. The zero-order valence-electron chi connectivity index (χ0n) is 16.0. The molecule has 0 spiro atoms. The maximum absolute atomic E-state index is 12.8. The Bertz CT molecular complexity index is 1080. The third-order valence-electron chi connectivity index (χ3n) is 3.92. The second-order valence-electron chi connectivity index (χ2n) is 6.10. The highest BCUT2D eigenvalue weighted by molar-refractivity contribution is 8.12. The maximum atomic E-state index is 12.8. The van der Waals surface area contributed by atoms with Crippen molar-refractivity contribution in [1.82, 2.24) is 9.78 Å². The van der Waals surface area contributed by atoms with E-state index in [0.717, 1.165) is 29.6 Å². The first-order valence-corrected chi connectivity index (χ1v) is 10.0. The van der Waals surface area contributed by atoms with Crippen LogP contribution in [-0.2, 0) is 11.9 Å². The Morgan fingerprint density at radius 1 is 1.13 bits per heavy atom. The summed E-state index contributed by atoms with van der Waals surface area (Å²) >= 11 is 0.815. The topological polar surface area (TPSA) is 56.5 Å². The second kappa shape index (κ2) is 9.62. The average molecular weight is 433 g/mol. The normalized spacial score (nSPS) is 12.1. The Morgan fingerprint density at radius 2 is 1.90 bits per heavy atom. The van der Waals surface area contributed by atoms with Crippen LogP contribution < -0.4 is 10.1 Å². The molecule has 3 rings (SSSR count). The molecule has 0 saturated heterocycles. The summed E-state index contributed by atoms with van der Waals surface area (Å²) in [5.41, 5.74) is 0.434. The first-order chi connectivity index (χ1) is 14.4. The number of alkyl halides is 3. The van der Waals surface area contributed by atoms with Gasteiger partial charge in [-0.2, -0.15) is 18.3 Å². The number of carbonyl (C=O) groups is 1. The van der Waals surface area contributed by atoms with E-state index in [2.05, 4.69) is 10.1 Å². The van der Waals surface area contributed by atoms with Crippen molar-refractivity contribution in [2.75, 3.05) is 6.61 Å². The SMILES string of the molecule is CCOc1cc(=NC(=O)SCc2cccc(C(F)(F)F)c2)cnn1-c1ccccc1. The van der Waals surface area contributed by atoms with E-state index >= 15 is 0 Å². The Kier molecular flexibility index (Phi) is 6.94. The van der Waals surface area contributed by atoms with Crippen molar-refractivity contribution in [1.29, 1.82) is 0 Å². The number of ether oxygens (including phenoxy) is 1. The first-order valence-electron chi connectivity index (χ1n) is 9.02. The Hall–Kier alpha value is -3.07. The van der Waals surface area contributed by atoms with Crippen LogP contribution >= 0.6 is 11.8 Å². The van der Waals surface area contributed by atoms with Crippen LogP contribution in [0.4, 0.5) is 18.0 Å². The van der Waals surface area contributed by atoms with Crippen molar-refractivity contribution in [2.45, 2.75) is 18.9 Å². The number of nitrogens with zero attached hydrogens (tertiary/aromatic N) is 3. The fraction of sp³-hybridized carbons (Fsp3) is 0.190. The van der Waals surface area contributed by atoms with Crippen molar-refractivity contribution in [3.63, 3.8) is 0 Å². The fourth-order valence-electron chi connectivity index (χ4n) is 2.59. The van der Waals surface area contributed by atoms with Crippen LogP contribution in [-0.4, -0.2) is 21.6 Å². The zero-order valence-corrected chi connectivity index (χ0v) is 16.8. The summed E-state index contributed by atoms with van der Waals surface area (Å²) in [6, 6.07) is 15.8. The lowest BCUT2D eigenvalue weighted by Gasteiger charge is -2.11. The van der Waals surface area contributed by atoms with Gasteiger partial charge in [0.15, 0.2) is 0 Å². The zero-order chi connectivity index (χ0) is 21.6. The molecule has 0 bridgehead atoms. The Balaban J connectivity index is 1.76. The van der Waals surface area contributed by atoms with Crippen molar-refractivity contribution in [3.05, 3.63) is 83.3 Å². The third kappa shape index (κ3) is 5.73. The molecule has 1 amide bonds. The van der Waals surface area contributed by atoms with Crippen LogP contribution in [0.1, 0.15) is 18.1 Å². The summed E-state index contributed by atoms with van der Waals surface area (Å²) in [7, 11) is 0. The van der Waals surface area contributed by atoms with E-state index in [-0.39, 0.29) is 5.75 Å². The molecule has 0 aliphatic heterocycles. The predicted octanol–water partition coefficient (Wildman–Crippen LogP) is 5.24. The number of hydrogen-bond acceptors (Lipinski definition) is 4. The Morgan fingerprint density at radius 3 is 2.60 bits per heavy atom. The molecule has 0 unspecified atom stereocenters. The lowest BCUT2D eigenvalue weighted by Crippen LogP contribution is -2.14. The van der Waals surface area contributed by atoms with E-state index in [1.165, 1.54) is 18.3 Å². The standard InChI is InChI=1S/C21H18F3N3O2S/c1-2-29-19-12-17(13-25-27(19)18-9-4-3-5-10-18)26-20(28)30-14-15-7-6-8-16(11-15)21(22,23)24/h3-13H,2,14H2,1H3. The molecule has 1 heterocycles. The average Bonchev–Trinajstić information content (AvgIpc) is 2.73. The van der Waals surface area contributed by atoms with Crippen molar-refractivity contribution < 1.29 is 22.7 Å². The van der Waals surface area contributed by atoms with E-state index in [1.54, 1.807) is 10.7 Å². The molecule has 0 fully saturated rings. The quantitative estimate of drug-likeness (QED) is 0.552. The number of benzene rings is 2. The summed E-state index contributed by atoms with van der Waals surface area (Å²) in [4.78, 5) is 16.2. The van der Waals surface area contributed by atoms with Gasteiger partial charge in [-0.25, -0.2) is 9.67 Å². The number of aromatic nitrogens is 2. The van der Waals surface area contributed by atoms with E-state index in [1.807, 2.05) is 37.3 Å². The van der Waals surface area contributed by atoms with Crippen LogP contribution in [0.5, 0.6) is 5.88 Å². The molecule has 0 atom stereocenters. The largest absolute Gasteiger partial charge is 0.478 e. The molecule has 9 heteroatoms. The molecule has 0 saturated carbocycles. The van der Waals surface area contributed by atoms with Gasteiger partial charge in [-0.1, -0.05) is 48.2 Å². The van der Waals surface area contributed by atoms with Gasteiger partial charge >= 0.3 is 11.4 Å². The smallest absolute Gasteiger partial charge is 0.416 e. The number of amides is 1. The van der Waals surface area contributed by atoms with Gasteiger partial charge in [-0.05, 0) is 30.7 Å². The summed E-state index contributed by atoms with van der Waals surface area (Å²) in [5.74, 6) is 0.495. The molecule has 1 aromatic heterocycles. The van der Waals surface area contributed by atoms with E-state index < -0.39 is 17.0 Å². The molecule has 0 aliphatic rings. The molecule has 0 N–H and O–H groups in total. The summed E-state index contributed by atoms with van der Waals surface area (Å²) in [5, 5.41) is 4.05. The molecular formula is C21H18F3N3O2S. The number of rotatable bonds is 5. The van der Waals surface area contributed by atoms with E-state index in [9.17, 15) is 18.0 Å². The lowest BCUT2D eigenvalue weighted by molar-refractivity contribution is -0.137. The highest BCUT2D eigenvalue weighted by Crippen LogP contribution is 2.30. The van der Waals surface area contributed by atoms with Gasteiger partial charge in [0.05, 0.1) is 29.4 Å². The fourth-order valence-corrected chi connectivity index (χ4v) is 3.23. The number of thioether (sulfide) groups is 1. The predicted molar refractivity (Wildman–Crippen MR) is 108 cm³/mol.